The van der Waals surface area contributed by atoms with Gasteiger partial charge in [0.25, 0.3) is 0 Å². The molecule has 0 saturated heterocycles. The van der Waals surface area contributed by atoms with Gasteiger partial charge >= 0.3 is 0 Å². The summed E-state index contributed by atoms with van der Waals surface area (Å²) in [6.45, 7) is 3.37. The van der Waals surface area contributed by atoms with Gasteiger partial charge in [-0.2, -0.15) is 5.10 Å². The highest BCUT2D eigenvalue weighted by molar-refractivity contribution is 7.13. The van der Waals surface area contributed by atoms with E-state index in [0.29, 0.717) is 39.5 Å². The van der Waals surface area contributed by atoms with Crippen molar-refractivity contribution >= 4 is 27.4 Å². The number of anilines is 1. The molecule has 0 unspecified atom stereocenters. The van der Waals surface area contributed by atoms with E-state index in [2.05, 4.69) is 50.8 Å². The summed E-state index contributed by atoms with van der Waals surface area (Å²) < 4.78 is 22.3. The van der Waals surface area contributed by atoms with Crippen molar-refractivity contribution in [1.82, 2.24) is 15.2 Å². The van der Waals surface area contributed by atoms with Crippen molar-refractivity contribution < 1.29 is 18.9 Å². The second-order valence-corrected chi connectivity index (χ2v) is 9.91. The molecule has 5 aromatic rings. The van der Waals surface area contributed by atoms with E-state index in [1.807, 2.05) is 42.6 Å². The van der Waals surface area contributed by atoms with Gasteiger partial charge in [-0.3, -0.25) is 5.10 Å². The van der Waals surface area contributed by atoms with Gasteiger partial charge in [-0.05, 0) is 53.1 Å². The molecule has 9 heteroatoms. The van der Waals surface area contributed by atoms with E-state index in [1.54, 1.807) is 25.6 Å². The lowest BCUT2D eigenvalue weighted by molar-refractivity contribution is 0.0330. The number of aromatic amines is 1. The first kappa shape index (κ1) is 26.7. The van der Waals surface area contributed by atoms with E-state index in [4.69, 9.17) is 23.9 Å². The number of benzene rings is 3. The Hall–Kier alpha value is -3.92. The topological polar surface area (TPSA) is 81.7 Å². The highest BCUT2D eigenvalue weighted by Gasteiger charge is 2.14. The third kappa shape index (κ3) is 7.35. The van der Waals surface area contributed by atoms with Crippen LogP contribution in [0.3, 0.4) is 0 Å². The molecule has 0 aliphatic rings. The van der Waals surface area contributed by atoms with Gasteiger partial charge in [0.05, 0.1) is 58.1 Å². The summed E-state index contributed by atoms with van der Waals surface area (Å²) in [5.41, 5.74) is 5.34. The average molecular weight is 545 g/mol. The first-order valence-corrected chi connectivity index (χ1v) is 13.6. The molecule has 1 N–H and O–H groups in total. The number of nitrogens with zero attached hydrogens (tertiary/aromatic N) is 3. The van der Waals surface area contributed by atoms with Gasteiger partial charge in [0.15, 0.2) is 5.13 Å². The predicted octanol–water partition coefficient (Wildman–Crippen LogP) is 5.98. The number of aromatic nitrogens is 3. The summed E-state index contributed by atoms with van der Waals surface area (Å²) >= 11 is 1.62. The molecule has 0 saturated carbocycles. The Labute approximate surface area is 232 Å². The van der Waals surface area contributed by atoms with Crippen molar-refractivity contribution in [3.8, 4) is 11.5 Å². The van der Waals surface area contributed by atoms with Crippen LogP contribution in [-0.4, -0.2) is 42.6 Å². The summed E-state index contributed by atoms with van der Waals surface area (Å²) in [6, 6.07) is 22.4. The highest BCUT2D eigenvalue weighted by atomic mass is 32.1. The van der Waals surface area contributed by atoms with E-state index in [9.17, 15) is 0 Å². The van der Waals surface area contributed by atoms with Gasteiger partial charge in [-0.25, -0.2) is 4.98 Å². The van der Waals surface area contributed by atoms with Gasteiger partial charge in [0, 0.05) is 23.9 Å². The molecule has 0 radical (unpaired) electrons. The van der Waals surface area contributed by atoms with E-state index in [-0.39, 0.29) is 0 Å². The number of ether oxygens (including phenoxy) is 4. The number of methoxy groups -OCH3 is 2. The molecule has 0 bridgehead atoms. The monoisotopic (exact) mass is 544 g/mol. The molecule has 2 aromatic heterocycles. The molecule has 8 nitrogen and oxygen atoms in total. The Morgan fingerprint density at radius 2 is 1.49 bits per heavy atom. The van der Waals surface area contributed by atoms with E-state index in [0.717, 1.165) is 44.4 Å². The molecule has 0 spiro atoms. The predicted molar refractivity (Wildman–Crippen MR) is 153 cm³/mol. The van der Waals surface area contributed by atoms with Gasteiger partial charge in [-0.15, -0.1) is 11.3 Å². The number of rotatable bonds is 14. The van der Waals surface area contributed by atoms with Crippen LogP contribution in [0, 0.1) is 0 Å². The summed E-state index contributed by atoms with van der Waals surface area (Å²) in [5, 5.41) is 11.3. The van der Waals surface area contributed by atoms with Gasteiger partial charge < -0.3 is 23.8 Å². The average Bonchev–Trinajstić information content (AvgIpc) is 3.64. The normalized spacial score (nSPS) is 11.1. The Balaban J connectivity index is 1.19. The van der Waals surface area contributed by atoms with Gasteiger partial charge in [-0.1, -0.05) is 30.3 Å². The summed E-state index contributed by atoms with van der Waals surface area (Å²) in [7, 11) is 3.35. The quantitative estimate of drug-likeness (QED) is 0.172. The molecule has 3 aromatic carbocycles. The molecule has 0 aliphatic heterocycles. The molecule has 2 heterocycles. The minimum atomic E-state index is 0.437. The highest BCUT2D eigenvalue weighted by Crippen LogP contribution is 2.27. The second-order valence-electron chi connectivity index (χ2n) is 9.08. The van der Waals surface area contributed by atoms with Crippen molar-refractivity contribution in [1.29, 1.82) is 0 Å². The smallest absolute Gasteiger partial charge is 0.186 e. The Bertz CT molecular complexity index is 1480. The number of fused-ring (bicyclic) bond motifs is 1. The minimum Gasteiger partial charge on any atom is -0.497 e. The fourth-order valence-electron chi connectivity index (χ4n) is 4.25. The summed E-state index contributed by atoms with van der Waals surface area (Å²) in [4.78, 5) is 7.18. The van der Waals surface area contributed by atoms with Crippen LogP contribution < -0.4 is 14.4 Å². The molecule has 39 heavy (non-hydrogen) atoms. The first-order valence-electron chi connectivity index (χ1n) is 12.7. The van der Waals surface area contributed by atoms with Gasteiger partial charge in [0.2, 0.25) is 0 Å². The molecule has 0 aliphatic carbocycles. The number of thiazole rings is 1. The summed E-state index contributed by atoms with van der Waals surface area (Å²) in [5.74, 6) is 1.67. The van der Waals surface area contributed by atoms with Crippen molar-refractivity contribution in [2.24, 2.45) is 0 Å². The number of H-pyrrole nitrogens is 1. The lowest BCUT2D eigenvalue weighted by Crippen LogP contribution is -2.22. The zero-order valence-corrected chi connectivity index (χ0v) is 22.9. The molecular formula is C30H32N4O4S. The lowest BCUT2D eigenvalue weighted by atomic mass is 10.1. The van der Waals surface area contributed by atoms with Crippen LogP contribution in [0.5, 0.6) is 11.5 Å². The Kier molecular flexibility index (Phi) is 9.05. The third-order valence-corrected chi connectivity index (χ3v) is 7.17. The standard InChI is InChI=1S/C30H32N4O4S/c1-35-27-7-3-5-22(14-27)17-34(18-23-9-10-29-25(13-23)16-31-33-29)30-32-26(21-39-30)20-38-12-11-37-19-24-6-4-8-28(15-24)36-2/h3-10,13-16,21H,11-12,17-20H2,1-2H3,(H,31,33). The maximum atomic E-state index is 5.85. The maximum absolute atomic E-state index is 5.85. The van der Waals surface area contributed by atoms with Crippen LogP contribution in [0.25, 0.3) is 10.9 Å². The van der Waals surface area contributed by atoms with Crippen molar-refractivity contribution in [2.75, 3.05) is 32.3 Å². The molecule has 202 valence electrons. The molecular weight excluding hydrogens is 512 g/mol. The number of hydrogen-bond acceptors (Lipinski definition) is 8. The molecule has 0 atom stereocenters. The van der Waals surface area contributed by atoms with Gasteiger partial charge in [0.1, 0.15) is 11.5 Å². The van der Waals surface area contributed by atoms with E-state index in [1.165, 1.54) is 5.56 Å². The van der Waals surface area contributed by atoms with Crippen LogP contribution in [0.4, 0.5) is 5.13 Å². The zero-order valence-electron chi connectivity index (χ0n) is 22.1. The second kappa shape index (κ2) is 13.2. The first-order chi connectivity index (χ1) is 19.2. The van der Waals surface area contributed by atoms with Crippen LogP contribution >= 0.6 is 11.3 Å². The fraction of sp³-hybridized carbons (Fsp3) is 0.267. The molecule has 0 amide bonds. The van der Waals surface area contributed by atoms with Crippen molar-refractivity contribution in [3.05, 3.63) is 101 Å². The van der Waals surface area contributed by atoms with Crippen LogP contribution in [0.15, 0.2) is 78.3 Å². The Morgan fingerprint density at radius 3 is 2.26 bits per heavy atom. The Morgan fingerprint density at radius 1 is 0.795 bits per heavy atom. The SMILES string of the molecule is COc1cccc(COCCOCc2csc(N(Cc3cccc(OC)c3)Cc3ccc4[nH]ncc4c3)n2)c1. The van der Waals surface area contributed by atoms with Crippen LogP contribution in [0.1, 0.15) is 22.4 Å². The van der Waals surface area contributed by atoms with Crippen molar-refractivity contribution in [2.45, 2.75) is 26.3 Å². The van der Waals surface area contributed by atoms with Crippen molar-refractivity contribution in [3.63, 3.8) is 0 Å². The maximum Gasteiger partial charge on any atom is 0.186 e. The minimum absolute atomic E-state index is 0.437. The van der Waals surface area contributed by atoms with Crippen LogP contribution in [0.2, 0.25) is 0 Å². The summed E-state index contributed by atoms with van der Waals surface area (Å²) in [6.07, 6.45) is 1.85. The molecule has 0 fully saturated rings. The number of hydrogen-bond donors (Lipinski definition) is 1. The number of nitrogens with one attached hydrogen (secondary N) is 1. The fourth-order valence-corrected chi connectivity index (χ4v) is 5.06. The van der Waals surface area contributed by atoms with Crippen LogP contribution in [-0.2, 0) is 35.8 Å². The van der Waals surface area contributed by atoms with E-state index < -0.39 is 0 Å². The largest absolute Gasteiger partial charge is 0.497 e. The zero-order chi connectivity index (χ0) is 26.9. The lowest BCUT2D eigenvalue weighted by Gasteiger charge is -2.22. The van der Waals surface area contributed by atoms with E-state index >= 15 is 0 Å². The molecule has 5 rings (SSSR count). The third-order valence-electron chi connectivity index (χ3n) is 6.22.